The SMILES string of the molecule is CCCCCCCCN1C=C[N+](CCC)(S(=O)[O-])C1. The van der Waals surface area contributed by atoms with Crippen LogP contribution in [-0.4, -0.2) is 37.3 Å². The fourth-order valence-corrected chi connectivity index (χ4v) is 3.28. The van der Waals surface area contributed by atoms with Gasteiger partial charge in [-0.1, -0.05) is 46.0 Å². The molecule has 0 saturated heterocycles. The Labute approximate surface area is 120 Å². The number of unbranched alkanes of at least 4 members (excludes halogenated alkanes) is 5. The highest BCUT2D eigenvalue weighted by atomic mass is 32.2. The van der Waals surface area contributed by atoms with Crippen molar-refractivity contribution >= 4 is 11.3 Å². The van der Waals surface area contributed by atoms with Crippen LogP contribution >= 0.6 is 0 Å². The Morgan fingerprint density at radius 3 is 2.47 bits per heavy atom. The Bertz CT molecular complexity index is 310. The lowest BCUT2D eigenvalue weighted by atomic mass is 10.1. The van der Waals surface area contributed by atoms with E-state index in [1.807, 2.05) is 19.3 Å². The lowest BCUT2D eigenvalue weighted by molar-refractivity contribution is -0.755. The van der Waals surface area contributed by atoms with E-state index in [0.29, 0.717) is 13.2 Å². The molecule has 19 heavy (non-hydrogen) atoms. The molecular weight excluding hydrogens is 260 g/mol. The van der Waals surface area contributed by atoms with E-state index in [2.05, 4.69) is 11.8 Å². The van der Waals surface area contributed by atoms with Crippen LogP contribution in [-0.2, 0) is 11.3 Å². The maximum Gasteiger partial charge on any atom is 0.170 e. The molecule has 0 amide bonds. The zero-order valence-corrected chi connectivity index (χ0v) is 13.2. The highest BCUT2D eigenvalue weighted by Crippen LogP contribution is 2.21. The number of nitrogens with zero attached hydrogens (tertiary/aromatic N) is 2. The zero-order valence-electron chi connectivity index (χ0n) is 12.3. The van der Waals surface area contributed by atoms with Crippen LogP contribution in [0.1, 0.15) is 58.8 Å². The summed E-state index contributed by atoms with van der Waals surface area (Å²) in [4.78, 5) is 2.14. The smallest absolute Gasteiger partial charge is 0.170 e. The van der Waals surface area contributed by atoms with E-state index in [0.717, 1.165) is 19.4 Å². The van der Waals surface area contributed by atoms with Gasteiger partial charge >= 0.3 is 0 Å². The molecule has 0 N–H and O–H groups in total. The third kappa shape index (κ3) is 5.24. The molecule has 1 rings (SSSR count). The van der Waals surface area contributed by atoms with Gasteiger partial charge in [-0.15, -0.1) is 0 Å². The van der Waals surface area contributed by atoms with Crippen LogP contribution in [0.25, 0.3) is 0 Å². The minimum atomic E-state index is -2.07. The van der Waals surface area contributed by atoms with Gasteiger partial charge < -0.3 is 9.45 Å². The average Bonchev–Trinajstić information content (AvgIpc) is 2.79. The van der Waals surface area contributed by atoms with Gasteiger partial charge in [0, 0.05) is 6.54 Å². The van der Waals surface area contributed by atoms with Gasteiger partial charge in [-0.2, -0.15) is 0 Å². The highest BCUT2D eigenvalue weighted by Gasteiger charge is 2.33. The van der Waals surface area contributed by atoms with Crippen molar-refractivity contribution in [2.75, 3.05) is 19.8 Å². The van der Waals surface area contributed by atoms with Gasteiger partial charge in [-0.25, -0.2) is 8.10 Å². The summed E-state index contributed by atoms with van der Waals surface area (Å²) in [7, 11) is 0. The molecule has 0 aromatic rings. The van der Waals surface area contributed by atoms with E-state index in [1.54, 1.807) is 0 Å². The van der Waals surface area contributed by atoms with Crippen LogP contribution in [0.3, 0.4) is 0 Å². The molecule has 1 aliphatic heterocycles. The maximum absolute atomic E-state index is 11.4. The number of rotatable bonds is 10. The summed E-state index contributed by atoms with van der Waals surface area (Å²) >= 11 is -2.07. The van der Waals surface area contributed by atoms with Crippen LogP contribution in [0, 0.1) is 0 Å². The molecule has 0 aromatic carbocycles. The maximum atomic E-state index is 11.4. The van der Waals surface area contributed by atoms with E-state index in [-0.39, 0.29) is 3.89 Å². The molecule has 1 heterocycles. The molecule has 5 heteroatoms. The van der Waals surface area contributed by atoms with Gasteiger partial charge in [0.25, 0.3) is 0 Å². The summed E-state index contributed by atoms with van der Waals surface area (Å²) in [6.07, 6.45) is 12.3. The van der Waals surface area contributed by atoms with Crippen LogP contribution in [0.15, 0.2) is 12.4 Å². The second-order valence-electron chi connectivity index (χ2n) is 5.41. The monoisotopic (exact) mass is 288 g/mol. The summed E-state index contributed by atoms with van der Waals surface area (Å²) < 4.78 is 22.9. The fraction of sp³-hybridized carbons (Fsp3) is 0.857. The van der Waals surface area contributed by atoms with Gasteiger partial charge in [-0.05, 0) is 12.8 Å². The second kappa shape index (κ2) is 8.72. The summed E-state index contributed by atoms with van der Waals surface area (Å²) in [6, 6.07) is 0. The summed E-state index contributed by atoms with van der Waals surface area (Å²) in [5, 5.41) is 0. The third-order valence-electron chi connectivity index (χ3n) is 3.67. The Morgan fingerprint density at radius 1 is 1.16 bits per heavy atom. The number of hydrogen-bond donors (Lipinski definition) is 0. The molecule has 4 nitrogen and oxygen atoms in total. The van der Waals surface area contributed by atoms with Crippen LogP contribution < -0.4 is 0 Å². The highest BCUT2D eigenvalue weighted by molar-refractivity contribution is 7.73. The van der Waals surface area contributed by atoms with E-state index in [9.17, 15) is 8.76 Å². The van der Waals surface area contributed by atoms with E-state index >= 15 is 0 Å². The Morgan fingerprint density at radius 2 is 1.84 bits per heavy atom. The summed E-state index contributed by atoms with van der Waals surface area (Å²) in [5.41, 5.74) is 0. The van der Waals surface area contributed by atoms with Crippen molar-refractivity contribution in [2.45, 2.75) is 58.8 Å². The minimum Gasteiger partial charge on any atom is -0.724 e. The lowest BCUT2D eigenvalue weighted by Crippen LogP contribution is -2.46. The van der Waals surface area contributed by atoms with Crippen LogP contribution in [0.2, 0.25) is 0 Å². The Kier molecular flexibility index (Phi) is 7.64. The van der Waals surface area contributed by atoms with Crippen molar-refractivity contribution in [1.82, 2.24) is 4.90 Å². The first kappa shape index (κ1) is 16.7. The molecule has 1 aliphatic rings. The fourth-order valence-electron chi connectivity index (χ4n) is 2.55. The lowest BCUT2D eigenvalue weighted by Gasteiger charge is -2.32. The molecule has 0 aromatic heterocycles. The van der Waals surface area contributed by atoms with Crippen molar-refractivity contribution in [3.8, 4) is 0 Å². The topological polar surface area (TPSA) is 43.4 Å². The average molecular weight is 288 g/mol. The zero-order chi connectivity index (χ0) is 14.1. The van der Waals surface area contributed by atoms with E-state index < -0.39 is 11.3 Å². The van der Waals surface area contributed by atoms with E-state index in [1.165, 1.54) is 32.1 Å². The largest absolute Gasteiger partial charge is 0.724 e. The van der Waals surface area contributed by atoms with Gasteiger partial charge in [0.05, 0.1) is 12.7 Å². The van der Waals surface area contributed by atoms with Crippen molar-refractivity contribution < 1.29 is 12.6 Å². The summed E-state index contributed by atoms with van der Waals surface area (Å²) in [6.45, 7) is 6.47. The third-order valence-corrected chi connectivity index (χ3v) is 4.68. The van der Waals surface area contributed by atoms with Gasteiger partial charge in [0.1, 0.15) is 6.20 Å². The van der Waals surface area contributed by atoms with Crippen molar-refractivity contribution in [3.05, 3.63) is 12.4 Å². The molecule has 0 fully saturated rings. The van der Waals surface area contributed by atoms with Crippen LogP contribution in [0.4, 0.5) is 0 Å². The summed E-state index contributed by atoms with van der Waals surface area (Å²) in [5.74, 6) is 0. The second-order valence-corrected chi connectivity index (χ2v) is 6.57. The molecular formula is C14H28N2O2S. The molecule has 0 aliphatic carbocycles. The molecule has 112 valence electrons. The Hall–Kier alpha value is -0.390. The molecule has 0 saturated carbocycles. The quantitative estimate of drug-likeness (QED) is 0.352. The first-order valence-electron chi connectivity index (χ1n) is 7.54. The molecule has 2 atom stereocenters. The molecule has 0 radical (unpaired) electrons. The number of quaternary nitrogens is 1. The predicted octanol–water partition coefficient (Wildman–Crippen LogP) is 3.11. The van der Waals surface area contributed by atoms with Crippen LogP contribution in [0.5, 0.6) is 0 Å². The standard InChI is InChI=1S/C14H28N2O2S/c1-3-5-6-7-8-9-10-15-11-13-16(14-15,12-4-2)19(17)18/h11,13H,3-10,12,14H2,1-2H3. The van der Waals surface area contributed by atoms with Gasteiger partial charge in [0.15, 0.2) is 17.9 Å². The Balaban J connectivity index is 2.24. The molecule has 0 bridgehead atoms. The normalized spacial score (nSPS) is 24.1. The molecule has 2 unspecified atom stereocenters. The van der Waals surface area contributed by atoms with Gasteiger partial charge in [-0.3, -0.25) is 0 Å². The molecule has 0 spiro atoms. The first-order chi connectivity index (χ1) is 9.14. The first-order valence-corrected chi connectivity index (χ1v) is 8.58. The van der Waals surface area contributed by atoms with Gasteiger partial charge in [0.2, 0.25) is 0 Å². The predicted molar refractivity (Wildman–Crippen MR) is 78.4 cm³/mol. The van der Waals surface area contributed by atoms with Crippen molar-refractivity contribution in [3.63, 3.8) is 0 Å². The number of hydrogen-bond acceptors (Lipinski definition) is 3. The minimum absolute atomic E-state index is 0.0757. The van der Waals surface area contributed by atoms with Crippen molar-refractivity contribution in [2.24, 2.45) is 0 Å². The van der Waals surface area contributed by atoms with E-state index in [4.69, 9.17) is 0 Å². The van der Waals surface area contributed by atoms with Crippen molar-refractivity contribution in [1.29, 1.82) is 0 Å².